The highest BCUT2D eigenvalue weighted by atomic mass is 16.7. The molecule has 3 aromatic rings. The van der Waals surface area contributed by atoms with Crippen molar-refractivity contribution in [1.82, 2.24) is 0 Å². The molecule has 3 heterocycles. The standard InChI is InChI=1S/C28H32O15/c1-38-17-3-2-11(4-13(17)30)18-7-15(32)23-14(31)5-12(6-19(23)41-18)40-28-27(37)26(36)25(35)21(43-28)10-39-22-8-16(33)24(34)20(9-29)42-22/h2-7,16,20-22,24-31,33-37H,8-10H2,1H3/t16-,20-,21+,22+,24+,25+,26-,27+,28+/m0/s1. The van der Waals surface area contributed by atoms with Gasteiger partial charge < -0.3 is 69.0 Å². The van der Waals surface area contributed by atoms with Crippen molar-refractivity contribution >= 4 is 11.0 Å². The topological polar surface area (TPSA) is 238 Å². The van der Waals surface area contributed by atoms with Gasteiger partial charge in [0.05, 0.1) is 26.4 Å². The predicted octanol–water partition coefficient (Wildman–Crippen LogP) is -1.09. The number of phenolic OH excluding ortho intramolecular Hbond substituents is 2. The van der Waals surface area contributed by atoms with Gasteiger partial charge in [0.15, 0.2) is 23.2 Å². The van der Waals surface area contributed by atoms with Crippen LogP contribution >= 0.6 is 0 Å². The van der Waals surface area contributed by atoms with Crippen molar-refractivity contribution in [2.45, 2.75) is 61.7 Å². The number of aliphatic hydroxyl groups excluding tert-OH is 6. The average molecular weight is 609 g/mol. The molecular weight excluding hydrogens is 576 g/mol. The second kappa shape index (κ2) is 12.6. The van der Waals surface area contributed by atoms with E-state index < -0.39 is 79.7 Å². The van der Waals surface area contributed by atoms with Crippen molar-refractivity contribution in [3.05, 3.63) is 46.6 Å². The van der Waals surface area contributed by atoms with Crippen LogP contribution in [0.1, 0.15) is 6.42 Å². The highest BCUT2D eigenvalue weighted by molar-refractivity contribution is 5.86. The van der Waals surface area contributed by atoms with Gasteiger partial charge in [-0.2, -0.15) is 0 Å². The van der Waals surface area contributed by atoms with Crippen LogP contribution in [-0.2, 0) is 14.2 Å². The van der Waals surface area contributed by atoms with Gasteiger partial charge in [-0.25, -0.2) is 0 Å². The number of hydrogen-bond acceptors (Lipinski definition) is 15. The van der Waals surface area contributed by atoms with Crippen molar-refractivity contribution in [3.63, 3.8) is 0 Å². The first-order valence-corrected chi connectivity index (χ1v) is 13.3. The maximum Gasteiger partial charge on any atom is 0.229 e. The quantitative estimate of drug-likeness (QED) is 0.152. The Bertz CT molecular complexity index is 1490. The Morgan fingerprint density at radius 3 is 2.35 bits per heavy atom. The van der Waals surface area contributed by atoms with Gasteiger partial charge in [-0.1, -0.05) is 0 Å². The Hall–Kier alpha value is -3.51. The van der Waals surface area contributed by atoms with Gasteiger partial charge in [-0.05, 0) is 18.2 Å². The molecule has 43 heavy (non-hydrogen) atoms. The van der Waals surface area contributed by atoms with Crippen molar-refractivity contribution in [3.8, 4) is 34.3 Å². The lowest BCUT2D eigenvalue weighted by molar-refractivity contribution is -0.302. The van der Waals surface area contributed by atoms with Crippen molar-refractivity contribution in [1.29, 1.82) is 0 Å². The maximum absolute atomic E-state index is 12.8. The van der Waals surface area contributed by atoms with Gasteiger partial charge in [-0.3, -0.25) is 4.79 Å². The fourth-order valence-electron chi connectivity index (χ4n) is 4.96. The third kappa shape index (κ3) is 6.26. The summed E-state index contributed by atoms with van der Waals surface area (Å²) in [5, 5.41) is 81.2. The molecule has 0 saturated carbocycles. The summed E-state index contributed by atoms with van der Waals surface area (Å²) in [5.74, 6) is -0.567. The zero-order valence-corrected chi connectivity index (χ0v) is 22.7. The van der Waals surface area contributed by atoms with Crippen LogP contribution in [0.5, 0.6) is 23.0 Å². The lowest BCUT2D eigenvalue weighted by atomic mass is 9.99. The molecular formula is C28H32O15. The molecule has 2 aliphatic rings. The van der Waals surface area contributed by atoms with E-state index in [1.165, 1.54) is 25.3 Å². The minimum atomic E-state index is -1.76. The maximum atomic E-state index is 12.8. The predicted molar refractivity (Wildman–Crippen MR) is 143 cm³/mol. The van der Waals surface area contributed by atoms with E-state index in [1.54, 1.807) is 6.07 Å². The van der Waals surface area contributed by atoms with E-state index in [4.69, 9.17) is 28.1 Å². The molecule has 2 saturated heterocycles. The van der Waals surface area contributed by atoms with Gasteiger partial charge in [0, 0.05) is 30.2 Å². The number of rotatable bonds is 8. The molecule has 0 unspecified atom stereocenters. The summed E-state index contributed by atoms with van der Waals surface area (Å²) >= 11 is 0. The molecule has 2 aliphatic heterocycles. The lowest BCUT2D eigenvalue weighted by Gasteiger charge is -2.41. The highest BCUT2D eigenvalue weighted by Gasteiger charge is 2.46. The Morgan fingerprint density at radius 2 is 1.65 bits per heavy atom. The second-order valence-electron chi connectivity index (χ2n) is 10.2. The molecule has 0 spiro atoms. The summed E-state index contributed by atoms with van der Waals surface area (Å²) in [5.41, 5.74) is -0.359. The fourth-order valence-corrected chi connectivity index (χ4v) is 4.96. The first-order valence-electron chi connectivity index (χ1n) is 13.3. The van der Waals surface area contributed by atoms with Crippen molar-refractivity contribution in [2.24, 2.45) is 0 Å². The van der Waals surface area contributed by atoms with E-state index >= 15 is 0 Å². The van der Waals surface area contributed by atoms with Gasteiger partial charge in [0.25, 0.3) is 0 Å². The smallest absolute Gasteiger partial charge is 0.229 e. The van der Waals surface area contributed by atoms with E-state index in [9.17, 15) is 45.6 Å². The van der Waals surface area contributed by atoms with Crippen LogP contribution in [0.3, 0.4) is 0 Å². The summed E-state index contributed by atoms with van der Waals surface area (Å²) in [7, 11) is 1.38. The van der Waals surface area contributed by atoms with Crippen molar-refractivity contribution < 1.29 is 69.0 Å². The Labute approximate surface area is 243 Å². The average Bonchev–Trinajstić information content (AvgIpc) is 2.97. The van der Waals surface area contributed by atoms with Crippen LogP contribution in [-0.4, -0.2) is 116 Å². The van der Waals surface area contributed by atoms with Gasteiger partial charge in [0.2, 0.25) is 6.29 Å². The minimum Gasteiger partial charge on any atom is -0.507 e. The monoisotopic (exact) mass is 608 g/mol. The third-order valence-electron chi connectivity index (χ3n) is 7.33. The van der Waals surface area contributed by atoms with E-state index in [0.717, 1.165) is 12.1 Å². The summed E-state index contributed by atoms with van der Waals surface area (Å²) in [6.45, 7) is -0.989. The van der Waals surface area contributed by atoms with Crippen LogP contribution < -0.4 is 14.9 Å². The fraction of sp³-hybridized carbons (Fsp3) is 0.464. The first kappa shape index (κ1) is 30.9. The van der Waals surface area contributed by atoms with Crippen LogP contribution in [0.4, 0.5) is 0 Å². The molecule has 1 aromatic heterocycles. The summed E-state index contributed by atoms with van der Waals surface area (Å²) < 4.78 is 33.1. The number of ether oxygens (including phenoxy) is 5. The number of methoxy groups -OCH3 is 1. The van der Waals surface area contributed by atoms with Gasteiger partial charge in [-0.15, -0.1) is 0 Å². The molecule has 0 radical (unpaired) electrons. The normalized spacial score (nSPS) is 31.2. The van der Waals surface area contributed by atoms with E-state index in [2.05, 4.69) is 0 Å². The third-order valence-corrected chi connectivity index (χ3v) is 7.33. The van der Waals surface area contributed by atoms with E-state index in [1.807, 2.05) is 0 Å². The molecule has 2 fully saturated rings. The van der Waals surface area contributed by atoms with E-state index in [0.29, 0.717) is 5.56 Å². The molecule has 8 N–H and O–H groups in total. The molecule has 0 bridgehead atoms. The number of benzene rings is 2. The number of hydrogen-bond donors (Lipinski definition) is 8. The number of aliphatic hydroxyl groups is 6. The SMILES string of the molecule is COc1ccc(-c2cc(=O)c3c(O)cc(O[C@@H]4O[C@H](CO[C@H]5C[C@H](O)[C@@H](O)[C@H](CO)O5)[C@@H](O)[C@H](O)[C@H]4O)cc3o2)cc1O. The largest absolute Gasteiger partial charge is 0.507 e. The van der Waals surface area contributed by atoms with Crippen LogP contribution in [0, 0.1) is 0 Å². The zero-order valence-electron chi connectivity index (χ0n) is 22.7. The molecule has 15 nitrogen and oxygen atoms in total. The first-order chi connectivity index (χ1) is 20.5. The van der Waals surface area contributed by atoms with Crippen molar-refractivity contribution in [2.75, 3.05) is 20.3 Å². The Kier molecular flexibility index (Phi) is 9.07. The molecule has 9 atom stereocenters. The highest BCUT2D eigenvalue weighted by Crippen LogP contribution is 2.35. The minimum absolute atomic E-state index is 0.0581. The van der Waals surface area contributed by atoms with Crippen LogP contribution in [0.15, 0.2) is 45.6 Å². The lowest BCUT2D eigenvalue weighted by Crippen LogP contribution is -2.60. The zero-order chi connectivity index (χ0) is 31.0. The molecule has 0 aliphatic carbocycles. The van der Waals surface area contributed by atoms with E-state index in [-0.39, 0.29) is 40.4 Å². The number of fused-ring (bicyclic) bond motifs is 1. The van der Waals surface area contributed by atoms with Gasteiger partial charge in [0.1, 0.15) is 64.9 Å². The number of aromatic hydroxyl groups is 2. The summed E-state index contributed by atoms with van der Waals surface area (Å²) in [6.07, 6.45) is -12.9. The second-order valence-corrected chi connectivity index (χ2v) is 10.2. The molecule has 0 amide bonds. The molecule has 234 valence electrons. The Balaban J connectivity index is 1.35. The van der Waals surface area contributed by atoms with Crippen LogP contribution in [0.2, 0.25) is 0 Å². The Morgan fingerprint density at radius 1 is 0.884 bits per heavy atom. The molecule has 15 heteroatoms. The van der Waals surface area contributed by atoms with Gasteiger partial charge >= 0.3 is 0 Å². The molecule has 2 aromatic carbocycles. The summed E-state index contributed by atoms with van der Waals surface area (Å²) in [6, 6.07) is 7.82. The summed E-state index contributed by atoms with van der Waals surface area (Å²) in [4.78, 5) is 12.8. The molecule has 5 rings (SSSR count). The van der Waals surface area contributed by atoms with Crippen LogP contribution in [0.25, 0.3) is 22.3 Å². The number of phenols is 2.